The van der Waals surface area contributed by atoms with E-state index in [1.54, 1.807) is 19.1 Å². The van der Waals surface area contributed by atoms with Crippen LogP contribution in [0, 0.1) is 0 Å². The van der Waals surface area contributed by atoms with E-state index in [1.165, 1.54) is 6.07 Å². The second-order valence-corrected chi connectivity index (χ2v) is 4.17. The normalized spacial score (nSPS) is 12.1. The fourth-order valence-corrected chi connectivity index (χ4v) is 1.68. The molecular formula is C10H11ClN6O. The molecule has 1 aromatic heterocycles. The fraction of sp³-hybridized carbons (Fsp3) is 0.200. The van der Waals surface area contributed by atoms with Gasteiger partial charge in [-0.2, -0.15) is 5.21 Å². The summed E-state index contributed by atoms with van der Waals surface area (Å²) in [6.07, 6.45) is 0. The highest BCUT2D eigenvalue weighted by molar-refractivity contribution is 6.31. The Morgan fingerprint density at radius 3 is 2.89 bits per heavy atom. The molecule has 1 aromatic carbocycles. The fourth-order valence-electron chi connectivity index (χ4n) is 1.44. The number of benzene rings is 1. The van der Waals surface area contributed by atoms with Crippen molar-refractivity contribution in [3.05, 3.63) is 34.6 Å². The second-order valence-electron chi connectivity index (χ2n) is 3.74. The zero-order chi connectivity index (χ0) is 13.1. The van der Waals surface area contributed by atoms with Crippen molar-refractivity contribution >= 4 is 23.2 Å². The molecule has 0 spiro atoms. The summed E-state index contributed by atoms with van der Waals surface area (Å²) in [6.45, 7) is 1.75. The minimum absolute atomic E-state index is 0.304. The Morgan fingerprint density at radius 2 is 2.28 bits per heavy atom. The highest BCUT2D eigenvalue weighted by Gasteiger charge is 2.15. The lowest BCUT2D eigenvalue weighted by Gasteiger charge is -2.10. The number of nitrogens with zero attached hydrogens (tertiary/aromatic N) is 3. The summed E-state index contributed by atoms with van der Waals surface area (Å²) in [5, 5.41) is 16.4. The van der Waals surface area contributed by atoms with Crippen molar-refractivity contribution in [3.8, 4) is 0 Å². The van der Waals surface area contributed by atoms with Gasteiger partial charge in [0.1, 0.15) is 0 Å². The van der Waals surface area contributed by atoms with E-state index in [-0.39, 0.29) is 11.9 Å². The number of rotatable bonds is 3. The van der Waals surface area contributed by atoms with Gasteiger partial charge >= 0.3 is 0 Å². The first-order valence-electron chi connectivity index (χ1n) is 5.16. The van der Waals surface area contributed by atoms with E-state index in [0.29, 0.717) is 22.1 Å². The third-order valence-corrected chi connectivity index (χ3v) is 2.50. The quantitative estimate of drug-likeness (QED) is 0.716. The van der Waals surface area contributed by atoms with E-state index in [4.69, 9.17) is 17.3 Å². The number of hydrogen-bond donors (Lipinski definition) is 3. The van der Waals surface area contributed by atoms with Gasteiger partial charge in [-0.05, 0) is 25.1 Å². The number of nitrogens with one attached hydrogen (secondary N) is 2. The molecule has 1 atom stereocenters. The molecule has 0 radical (unpaired) electrons. The molecule has 1 unspecified atom stereocenters. The first kappa shape index (κ1) is 12.3. The van der Waals surface area contributed by atoms with Crippen LogP contribution in [0.4, 0.5) is 5.69 Å². The van der Waals surface area contributed by atoms with Crippen molar-refractivity contribution in [3.63, 3.8) is 0 Å². The first-order valence-corrected chi connectivity index (χ1v) is 5.54. The van der Waals surface area contributed by atoms with Crippen LogP contribution in [0.15, 0.2) is 18.2 Å². The van der Waals surface area contributed by atoms with Crippen molar-refractivity contribution in [1.29, 1.82) is 0 Å². The third kappa shape index (κ3) is 2.75. The molecule has 0 bridgehead atoms. The van der Waals surface area contributed by atoms with Crippen LogP contribution in [0.25, 0.3) is 0 Å². The standard InChI is InChI=1S/C10H11ClN6O/c1-5(9-14-16-17-15-9)13-10(18)6-2-7(11)4-8(12)3-6/h2-5H,12H2,1H3,(H,13,18)(H,14,15,16,17). The molecule has 2 rings (SSSR count). The maximum absolute atomic E-state index is 11.9. The Morgan fingerprint density at radius 1 is 1.50 bits per heavy atom. The molecule has 1 amide bonds. The number of H-pyrrole nitrogens is 1. The van der Waals surface area contributed by atoms with Gasteiger partial charge in [-0.15, -0.1) is 10.2 Å². The molecule has 18 heavy (non-hydrogen) atoms. The van der Waals surface area contributed by atoms with Gasteiger partial charge < -0.3 is 11.1 Å². The van der Waals surface area contributed by atoms with E-state index >= 15 is 0 Å². The monoisotopic (exact) mass is 266 g/mol. The molecule has 0 aliphatic heterocycles. The van der Waals surface area contributed by atoms with E-state index in [0.717, 1.165) is 0 Å². The van der Waals surface area contributed by atoms with Crippen LogP contribution >= 0.6 is 11.6 Å². The van der Waals surface area contributed by atoms with Crippen LogP contribution in [-0.2, 0) is 0 Å². The van der Waals surface area contributed by atoms with Gasteiger partial charge in [0.05, 0.1) is 6.04 Å². The number of nitrogen functional groups attached to an aromatic ring is 1. The van der Waals surface area contributed by atoms with Crippen molar-refractivity contribution in [2.24, 2.45) is 0 Å². The summed E-state index contributed by atoms with van der Waals surface area (Å²) in [5.74, 6) is 0.0971. The Balaban J connectivity index is 2.12. The molecule has 0 saturated heterocycles. The third-order valence-electron chi connectivity index (χ3n) is 2.28. The largest absolute Gasteiger partial charge is 0.399 e. The van der Waals surface area contributed by atoms with Gasteiger partial charge in [-0.1, -0.05) is 16.8 Å². The molecule has 8 heteroatoms. The van der Waals surface area contributed by atoms with Gasteiger partial charge in [0, 0.05) is 16.3 Å². The van der Waals surface area contributed by atoms with Crippen LogP contribution in [0.2, 0.25) is 5.02 Å². The highest BCUT2D eigenvalue weighted by atomic mass is 35.5. The molecule has 94 valence electrons. The van der Waals surface area contributed by atoms with E-state index in [9.17, 15) is 4.79 Å². The van der Waals surface area contributed by atoms with Crippen LogP contribution in [0.1, 0.15) is 29.1 Å². The van der Waals surface area contributed by atoms with E-state index < -0.39 is 0 Å². The molecule has 0 fully saturated rings. The minimum atomic E-state index is -0.364. The summed E-state index contributed by atoms with van der Waals surface area (Å²) in [6, 6.07) is 4.29. The summed E-state index contributed by atoms with van der Waals surface area (Å²) in [4.78, 5) is 11.9. The molecule has 0 aliphatic rings. The molecular weight excluding hydrogens is 256 g/mol. The average molecular weight is 267 g/mol. The van der Waals surface area contributed by atoms with Gasteiger partial charge in [-0.3, -0.25) is 4.79 Å². The Bertz CT molecular complexity index is 535. The maximum Gasteiger partial charge on any atom is 0.251 e. The molecule has 4 N–H and O–H groups in total. The predicted octanol–water partition coefficient (Wildman–Crippen LogP) is 0.926. The lowest BCUT2D eigenvalue weighted by atomic mass is 10.1. The van der Waals surface area contributed by atoms with Gasteiger partial charge in [0.15, 0.2) is 5.82 Å². The Hall–Kier alpha value is -2.15. The summed E-state index contributed by atoms with van der Waals surface area (Å²) < 4.78 is 0. The Kier molecular flexibility index (Phi) is 3.42. The van der Waals surface area contributed by atoms with Crippen molar-refractivity contribution in [1.82, 2.24) is 25.9 Å². The number of halogens is 1. The number of hydrogen-bond acceptors (Lipinski definition) is 5. The highest BCUT2D eigenvalue weighted by Crippen LogP contribution is 2.17. The molecule has 2 aromatic rings. The number of amides is 1. The zero-order valence-corrected chi connectivity index (χ0v) is 10.3. The maximum atomic E-state index is 11.9. The molecule has 1 heterocycles. The molecule has 0 saturated carbocycles. The minimum Gasteiger partial charge on any atom is -0.399 e. The van der Waals surface area contributed by atoms with Crippen LogP contribution in [0.5, 0.6) is 0 Å². The predicted molar refractivity (Wildman–Crippen MR) is 65.9 cm³/mol. The van der Waals surface area contributed by atoms with E-state index in [1.807, 2.05) is 0 Å². The van der Waals surface area contributed by atoms with E-state index in [2.05, 4.69) is 25.9 Å². The van der Waals surface area contributed by atoms with Crippen LogP contribution < -0.4 is 11.1 Å². The number of carbonyl (C=O) groups is 1. The zero-order valence-electron chi connectivity index (χ0n) is 9.51. The Labute approximate surface area is 108 Å². The number of aromatic nitrogens is 4. The SMILES string of the molecule is CC(NC(=O)c1cc(N)cc(Cl)c1)c1nn[nH]n1. The van der Waals surface area contributed by atoms with Crippen molar-refractivity contribution in [2.75, 3.05) is 5.73 Å². The lowest BCUT2D eigenvalue weighted by molar-refractivity contribution is 0.0938. The number of nitrogens with two attached hydrogens (primary N) is 1. The van der Waals surface area contributed by atoms with Crippen LogP contribution in [-0.4, -0.2) is 26.5 Å². The van der Waals surface area contributed by atoms with Crippen LogP contribution in [0.3, 0.4) is 0 Å². The topological polar surface area (TPSA) is 110 Å². The summed E-state index contributed by atoms with van der Waals surface area (Å²) in [5.41, 5.74) is 6.43. The van der Waals surface area contributed by atoms with Crippen molar-refractivity contribution < 1.29 is 4.79 Å². The average Bonchev–Trinajstić information content (AvgIpc) is 2.80. The van der Waals surface area contributed by atoms with Gasteiger partial charge in [0.2, 0.25) is 0 Å². The van der Waals surface area contributed by atoms with Crippen molar-refractivity contribution in [2.45, 2.75) is 13.0 Å². The number of anilines is 1. The summed E-state index contributed by atoms with van der Waals surface area (Å²) in [7, 11) is 0. The number of carbonyl (C=O) groups excluding carboxylic acids is 1. The number of tetrazole rings is 1. The van der Waals surface area contributed by atoms with Gasteiger partial charge in [-0.25, -0.2) is 0 Å². The number of aromatic amines is 1. The molecule has 7 nitrogen and oxygen atoms in total. The molecule has 0 aliphatic carbocycles. The first-order chi connectivity index (χ1) is 8.56. The summed E-state index contributed by atoms with van der Waals surface area (Å²) >= 11 is 5.83. The second kappa shape index (κ2) is 5.01. The van der Waals surface area contributed by atoms with Gasteiger partial charge in [0.25, 0.3) is 5.91 Å². The lowest BCUT2D eigenvalue weighted by Crippen LogP contribution is -2.27. The smallest absolute Gasteiger partial charge is 0.251 e.